The first kappa shape index (κ1) is 19.6. The van der Waals surface area contributed by atoms with Gasteiger partial charge >= 0.3 is 0 Å². The van der Waals surface area contributed by atoms with Gasteiger partial charge in [0.2, 0.25) is 6.41 Å². The van der Waals surface area contributed by atoms with E-state index in [1.807, 2.05) is 0 Å². The van der Waals surface area contributed by atoms with Gasteiger partial charge in [0.05, 0.1) is 23.7 Å². The summed E-state index contributed by atoms with van der Waals surface area (Å²) in [5.74, 6) is 0.825. The van der Waals surface area contributed by atoms with Crippen LogP contribution in [-0.2, 0) is 14.6 Å². The molecule has 27 heavy (non-hydrogen) atoms. The summed E-state index contributed by atoms with van der Waals surface area (Å²) in [6, 6.07) is 6.69. The zero-order chi connectivity index (χ0) is 19.4. The standard InChI is InChI=1S/C19H25N3O4S/c1-27(25,26)16-9-7-15(8-10-16)18-17(14-5-3-2-4-6-14)19(21-20-18)22(13-24)11-12-23/h7-10,13-14,23H,2-6,11-12H2,1H3,(H,20,21). The lowest BCUT2D eigenvalue weighted by Crippen LogP contribution is -2.26. The van der Waals surface area contributed by atoms with Gasteiger partial charge in [0.1, 0.15) is 0 Å². The molecule has 2 N–H and O–H groups in total. The summed E-state index contributed by atoms with van der Waals surface area (Å²) in [5.41, 5.74) is 2.61. The van der Waals surface area contributed by atoms with Crippen molar-refractivity contribution in [2.45, 2.75) is 42.9 Å². The maximum Gasteiger partial charge on any atom is 0.215 e. The Balaban J connectivity index is 2.06. The van der Waals surface area contributed by atoms with E-state index in [1.165, 1.54) is 17.6 Å². The fourth-order valence-electron chi connectivity index (χ4n) is 3.74. The van der Waals surface area contributed by atoms with E-state index in [4.69, 9.17) is 0 Å². The number of hydrogen-bond acceptors (Lipinski definition) is 5. The molecule has 1 aromatic carbocycles. The van der Waals surface area contributed by atoms with E-state index in [1.54, 1.807) is 24.3 Å². The third-order valence-electron chi connectivity index (χ3n) is 5.11. The van der Waals surface area contributed by atoms with Crippen LogP contribution in [0.1, 0.15) is 43.6 Å². The molecular weight excluding hydrogens is 366 g/mol. The number of nitrogens with one attached hydrogen (secondary N) is 1. The Labute approximate surface area is 159 Å². The van der Waals surface area contributed by atoms with Gasteiger partial charge in [-0.1, -0.05) is 31.4 Å². The summed E-state index contributed by atoms with van der Waals surface area (Å²) in [6.45, 7) is 0.0363. The highest BCUT2D eigenvalue weighted by atomic mass is 32.2. The van der Waals surface area contributed by atoms with Crippen LogP contribution in [0.5, 0.6) is 0 Å². The van der Waals surface area contributed by atoms with Crippen LogP contribution in [0.25, 0.3) is 11.3 Å². The van der Waals surface area contributed by atoms with Gasteiger partial charge in [-0.3, -0.25) is 14.8 Å². The molecule has 0 spiro atoms. The summed E-state index contributed by atoms with van der Waals surface area (Å²) in [7, 11) is -3.26. The average Bonchev–Trinajstić information content (AvgIpc) is 3.11. The minimum atomic E-state index is -3.26. The molecule has 8 heteroatoms. The van der Waals surface area contributed by atoms with E-state index in [0.29, 0.717) is 12.2 Å². The highest BCUT2D eigenvalue weighted by Crippen LogP contribution is 2.42. The smallest absolute Gasteiger partial charge is 0.215 e. The van der Waals surface area contributed by atoms with Crippen molar-refractivity contribution in [3.63, 3.8) is 0 Å². The first-order valence-electron chi connectivity index (χ1n) is 9.17. The highest BCUT2D eigenvalue weighted by Gasteiger charge is 2.27. The molecule has 0 saturated heterocycles. The monoisotopic (exact) mass is 391 g/mol. The summed E-state index contributed by atoms with van der Waals surface area (Å²) in [5, 5.41) is 16.7. The van der Waals surface area contributed by atoms with Crippen LogP contribution in [0.15, 0.2) is 29.2 Å². The first-order chi connectivity index (χ1) is 13.0. The van der Waals surface area contributed by atoms with Crippen molar-refractivity contribution in [1.29, 1.82) is 0 Å². The number of benzene rings is 1. The number of H-pyrrole nitrogens is 1. The van der Waals surface area contributed by atoms with E-state index >= 15 is 0 Å². The maximum atomic E-state index is 11.7. The van der Waals surface area contributed by atoms with Gasteiger partial charge in [-0.05, 0) is 36.5 Å². The number of anilines is 1. The van der Waals surface area contributed by atoms with Crippen LogP contribution in [0, 0.1) is 0 Å². The van der Waals surface area contributed by atoms with Crippen LogP contribution in [-0.4, -0.2) is 49.5 Å². The molecule has 1 aliphatic rings. The van der Waals surface area contributed by atoms with Crippen molar-refractivity contribution in [3.05, 3.63) is 29.8 Å². The SMILES string of the molecule is CS(=O)(=O)c1ccc(-c2[nH]nc(N(C=O)CCO)c2C2CCCCC2)cc1. The van der Waals surface area contributed by atoms with E-state index < -0.39 is 9.84 Å². The summed E-state index contributed by atoms with van der Waals surface area (Å²) < 4.78 is 23.4. The Kier molecular flexibility index (Phi) is 5.96. The second kappa shape index (κ2) is 8.22. The van der Waals surface area contributed by atoms with Crippen molar-refractivity contribution >= 4 is 22.1 Å². The molecule has 1 heterocycles. The van der Waals surface area contributed by atoms with Crippen molar-refractivity contribution in [2.24, 2.45) is 0 Å². The van der Waals surface area contributed by atoms with Crippen LogP contribution in [0.4, 0.5) is 5.82 Å². The van der Waals surface area contributed by atoms with Crippen molar-refractivity contribution in [2.75, 3.05) is 24.3 Å². The molecule has 1 saturated carbocycles. The predicted octanol–water partition coefficient (Wildman–Crippen LogP) is 2.48. The minimum Gasteiger partial charge on any atom is -0.395 e. The van der Waals surface area contributed by atoms with Gasteiger partial charge in [-0.15, -0.1) is 0 Å². The molecule has 1 amide bonds. The third-order valence-corrected chi connectivity index (χ3v) is 6.24. The molecule has 1 aromatic heterocycles. The number of hydrogen-bond donors (Lipinski definition) is 2. The maximum absolute atomic E-state index is 11.7. The fourth-order valence-corrected chi connectivity index (χ4v) is 4.37. The Morgan fingerprint density at radius 3 is 2.44 bits per heavy atom. The second-order valence-corrected chi connectivity index (χ2v) is 9.01. The molecule has 146 valence electrons. The summed E-state index contributed by atoms with van der Waals surface area (Å²) in [6.07, 6.45) is 7.37. The van der Waals surface area contributed by atoms with Gasteiger partial charge < -0.3 is 5.11 Å². The lowest BCUT2D eigenvalue weighted by atomic mass is 9.82. The molecule has 1 aliphatic carbocycles. The molecule has 1 fully saturated rings. The summed E-state index contributed by atoms with van der Waals surface area (Å²) >= 11 is 0. The lowest BCUT2D eigenvalue weighted by Gasteiger charge is -2.25. The number of aromatic amines is 1. The van der Waals surface area contributed by atoms with Gasteiger partial charge in [0.15, 0.2) is 15.7 Å². The number of rotatable bonds is 7. The lowest BCUT2D eigenvalue weighted by molar-refractivity contribution is -0.107. The normalized spacial score (nSPS) is 15.6. The van der Waals surface area contributed by atoms with Gasteiger partial charge in [0, 0.05) is 11.8 Å². The quantitative estimate of drug-likeness (QED) is 0.706. The largest absolute Gasteiger partial charge is 0.395 e. The zero-order valence-corrected chi connectivity index (χ0v) is 16.2. The van der Waals surface area contributed by atoms with Crippen LogP contribution in [0.2, 0.25) is 0 Å². The highest BCUT2D eigenvalue weighted by molar-refractivity contribution is 7.90. The molecular formula is C19H25N3O4S. The molecule has 2 aromatic rings. The molecule has 0 unspecified atom stereocenters. The Hall–Kier alpha value is -2.19. The van der Waals surface area contributed by atoms with Crippen molar-refractivity contribution < 1.29 is 18.3 Å². The van der Waals surface area contributed by atoms with Gasteiger partial charge in [0.25, 0.3) is 0 Å². The predicted molar refractivity (Wildman–Crippen MR) is 103 cm³/mol. The number of sulfone groups is 1. The number of amides is 1. The number of carbonyl (C=O) groups excluding carboxylic acids is 1. The van der Waals surface area contributed by atoms with E-state index in [0.717, 1.165) is 42.5 Å². The zero-order valence-electron chi connectivity index (χ0n) is 15.4. The molecule has 3 rings (SSSR count). The first-order valence-corrected chi connectivity index (χ1v) is 11.1. The van der Waals surface area contributed by atoms with Crippen LogP contribution < -0.4 is 4.90 Å². The minimum absolute atomic E-state index is 0.145. The number of nitrogens with zero attached hydrogens (tertiary/aromatic N) is 2. The molecule has 7 nitrogen and oxygen atoms in total. The Morgan fingerprint density at radius 2 is 1.89 bits per heavy atom. The van der Waals surface area contributed by atoms with Gasteiger partial charge in [-0.25, -0.2) is 8.42 Å². The fraction of sp³-hybridized carbons (Fsp3) is 0.474. The van der Waals surface area contributed by atoms with E-state index in [-0.39, 0.29) is 24.0 Å². The number of carbonyl (C=O) groups is 1. The van der Waals surface area contributed by atoms with Crippen LogP contribution >= 0.6 is 0 Å². The van der Waals surface area contributed by atoms with Crippen molar-refractivity contribution in [3.8, 4) is 11.3 Å². The Morgan fingerprint density at radius 1 is 1.22 bits per heavy atom. The van der Waals surface area contributed by atoms with E-state index in [9.17, 15) is 18.3 Å². The topological polar surface area (TPSA) is 103 Å². The Bertz CT molecular complexity index is 884. The van der Waals surface area contributed by atoms with Gasteiger partial charge in [-0.2, -0.15) is 5.10 Å². The number of aliphatic hydroxyl groups excluding tert-OH is 1. The number of aliphatic hydroxyl groups is 1. The number of aromatic nitrogens is 2. The van der Waals surface area contributed by atoms with Crippen LogP contribution in [0.3, 0.4) is 0 Å². The second-order valence-electron chi connectivity index (χ2n) is 6.99. The third kappa shape index (κ3) is 4.22. The van der Waals surface area contributed by atoms with Crippen molar-refractivity contribution in [1.82, 2.24) is 10.2 Å². The molecule has 0 atom stereocenters. The summed E-state index contributed by atoms with van der Waals surface area (Å²) in [4.78, 5) is 13.2. The van der Waals surface area contributed by atoms with E-state index in [2.05, 4.69) is 10.2 Å². The molecule has 0 bridgehead atoms. The molecule has 0 aliphatic heterocycles. The molecule has 0 radical (unpaired) electrons. The average molecular weight is 391 g/mol.